The van der Waals surface area contributed by atoms with Crippen LogP contribution in [0.4, 0.5) is 0 Å². The van der Waals surface area contributed by atoms with Crippen LogP contribution >= 0.6 is 0 Å². The predicted molar refractivity (Wildman–Crippen MR) is 102 cm³/mol. The molecule has 0 bridgehead atoms. The number of aliphatic hydroxyl groups excluding tert-OH is 3. The zero-order valence-electron chi connectivity index (χ0n) is 16.5. The highest BCUT2D eigenvalue weighted by Crippen LogP contribution is 2.11. The van der Waals surface area contributed by atoms with E-state index in [1.807, 2.05) is 0 Å². The van der Waals surface area contributed by atoms with Gasteiger partial charge in [0.05, 0.1) is 19.3 Å². The molecule has 1 rings (SSSR count). The van der Waals surface area contributed by atoms with E-state index in [1.54, 1.807) is 0 Å². The maximum absolute atomic E-state index is 11.3. The van der Waals surface area contributed by atoms with Crippen molar-refractivity contribution in [2.45, 2.75) is 96.2 Å². The van der Waals surface area contributed by atoms with E-state index in [0.717, 1.165) is 32.3 Å². The van der Waals surface area contributed by atoms with E-state index in [2.05, 4.69) is 6.92 Å². The summed E-state index contributed by atoms with van der Waals surface area (Å²) in [7, 11) is 0. The SMILES string of the molecule is CCCCCCCCCCCC(=O)OCC(O)CO.OCC1CCCO1. The molecule has 3 N–H and O–H groups in total. The van der Waals surface area contributed by atoms with E-state index in [0.29, 0.717) is 6.42 Å². The molecule has 0 aromatic rings. The minimum Gasteiger partial charge on any atom is -0.463 e. The Morgan fingerprint density at radius 3 is 2.15 bits per heavy atom. The van der Waals surface area contributed by atoms with E-state index in [9.17, 15) is 4.79 Å². The molecule has 0 saturated carbocycles. The second-order valence-corrected chi connectivity index (χ2v) is 6.92. The number of rotatable bonds is 14. The fourth-order valence-electron chi connectivity index (χ4n) is 2.68. The number of hydrogen-bond acceptors (Lipinski definition) is 6. The Bertz CT molecular complexity index is 305. The molecule has 0 spiro atoms. The lowest BCUT2D eigenvalue weighted by molar-refractivity contribution is -0.147. The van der Waals surface area contributed by atoms with Crippen molar-refractivity contribution in [3.63, 3.8) is 0 Å². The van der Waals surface area contributed by atoms with E-state index >= 15 is 0 Å². The average Bonchev–Trinajstić information content (AvgIpc) is 3.19. The van der Waals surface area contributed by atoms with Crippen LogP contribution < -0.4 is 0 Å². The molecular formula is C20H40O6. The van der Waals surface area contributed by atoms with E-state index < -0.39 is 6.10 Å². The van der Waals surface area contributed by atoms with Gasteiger partial charge in [0.15, 0.2) is 0 Å². The molecular weight excluding hydrogens is 336 g/mol. The van der Waals surface area contributed by atoms with Gasteiger partial charge in [-0.2, -0.15) is 0 Å². The normalized spacial score (nSPS) is 17.5. The number of carbonyl (C=O) groups excluding carboxylic acids is 1. The number of hydrogen-bond donors (Lipinski definition) is 3. The molecule has 0 radical (unpaired) electrons. The van der Waals surface area contributed by atoms with Gasteiger partial charge in [-0.15, -0.1) is 0 Å². The molecule has 2 unspecified atom stereocenters. The highest BCUT2D eigenvalue weighted by molar-refractivity contribution is 5.69. The van der Waals surface area contributed by atoms with Gasteiger partial charge in [0.1, 0.15) is 12.7 Å². The molecule has 1 saturated heterocycles. The lowest BCUT2D eigenvalue weighted by Crippen LogP contribution is -2.21. The number of aliphatic hydroxyl groups is 3. The standard InChI is InChI=1S/C15H30O4.C5H10O2/c1-2-3-4-5-6-7-8-9-10-11-15(18)19-13-14(17)12-16;6-4-5-2-1-3-7-5/h14,16-17H,2-13H2,1H3;5-6H,1-4H2. The third-order valence-corrected chi connectivity index (χ3v) is 4.36. The quantitative estimate of drug-likeness (QED) is 0.319. The van der Waals surface area contributed by atoms with Crippen LogP contribution in [0.5, 0.6) is 0 Å². The highest BCUT2D eigenvalue weighted by Gasteiger charge is 2.12. The minimum atomic E-state index is -0.952. The Morgan fingerprint density at radius 2 is 1.69 bits per heavy atom. The number of esters is 1. The van der Waals surface area contributed by atoms with Crippen LogP contribution in [-0.2, 0) is 14.3 Å². The van der Waals surface area contributed by atoms with Crippen LogP contribution in [0.2, 0.25) is 0 Å². The first-order valence-electron chi connectivity index (χ1n) is 10.3. The van der Waals surface area contributed by atoms with Gasteiger partial charge in [0.25, 0.3) is 0 Å². The summed E-state index contributed by atoms with van der Waals surface area (Å²) in [5.41, 5.74) is 0. The molecule has 0 aliphatic carbocycles. The largest absolute Gasteiger partial charge is 0.463 e. The molecule has 1 heterocycles. The van der Waals surface area contributed by atoms with Gasteiger partial charge in [0, 0.05) is 13.0 Å². The summed E-state index contributed by atoms with van der Waals surface area (Å²) in [6, 6.07) is 0. The van der Waals surface area contributed by atoms with Gasteiger partial charge < -0.3 is 24.8 Å². The van der Waals surface area contributed by atoms with Crippen LogP contribution in [0.15, 0.2) is 0 Å². The summed E-state index contributed by atoms with van der Waals surface area (Å²) in [6.45, 7) is 2.78. The van der Waals surface area contributed by atoms with Crippen molar-refractivity contribution < 1.29 is 29.6 Å². The van der Waals surface area contributed by atoms with Gasteiger partial charge in [-0.05, 0) is 19.3 Å². The number of unbranched alkanes of at least 4 members (excludes halogenated alkanes) is 8. The number of ether oxygens (including phenoxy) is 2. The van der Waals surface area contributed by atoms with Crippen molar-refractivity contribution in [2.24, 2.45) is 0 Å². The molecule has 1 aliphatic heterocycles. The minimum absolute atomic E-state index is 0.104. The van der Waals surface area contributed by atoms with Gasteiger partial charge in [-0.3, -0.25) is 4.79 Å². The summed E-state index contributed by atoms with van der Waals surface area (Å²) in [4.78, 5) is 11.3. The van der Waals surface area contributed by atoms with Crippen molar-refractivity contribution in [3.8, 4) is 0 Å². The first-order valence-corrected chi connectivity index (χ1v) is 10.3. The Kier molecular flexibility index (Phi) is 18.6. The molecule has 156 valence electrons. The maximum Gasteiger partial charge on any atom is 0.305 e. The van der Waals surface area contributed by atoms with Crippen molar-refractivity contribution in [3.05, 3.63) is 0 Å². The second kappa shape index (κ2) is 19.1. The molecule has 2 atom stereocenters. The van der Waals surface area contributed by atoms with Gasteiger partial charge in [-0.1, -0.05) is 58.3 Å². The van der Waals surface area contributed by atoms with Gasteiger partial charge in [-0.25, -0.2) is 0 Å². The third-order valence-electron chi connectivity index (χ3n) is 4.36. The fraction of sp³-hybridized carbons (Fsp3) is 0.950. The Hall–Kier alpha value is -0.690. The van der Waals surface area contributed by atoms with Gasteiger partial charge in [0.2, 0.25) is 0 Å². The highest BCUT2D eigenvalue weighted by atomic mass is 16.5. The lowest BCUT2D eigenvalue weighted by Gasteiger charge is -2.08. The molecule has 0 amide bonds. The Morgan fingerprint density at radius 1 is 1.08 bits per heavy atom. The van der Waals surface area contributed by atoms with Crippen molar-refractivity contribution in [1.82, 2.24) is 0 Å². The van der Waals surface area contributed by atoms with Crippen LogP contribution in [0.1, 0.15) is 84.0 Å². The summed E-state index contributed by atoms with van der Waals surface area (Å²) in [5, 5.41) is 26.0. The van der Waals surface area contributed by atoms with Crippen LogP contribution in [0.3, 0.4) is 0 Å². The van der Waals surface area contributed by atoms with Crippen molar-refractivity contribution in [2.75, 3.05) is 26.4 Å². The molecule has 1 aliphatic rings. The zero-order valence-corrected chi connectivity index (χ0v) is 16.5. The van der Waals surface area contributed by atoms with Crippen molar-refractivity contribution >= 4 is 5.97 Å². The van der Waals surface area contributed by atoms with Crippen LogP contribution in [0, 0.1) is 0 Å². The van der Waals surface area contributed by atoms with Crippen molar-refractivity contribution in [1.29, 1.82) is 0 Å². The predicted octanol–water partition coefficient (Wildman–Crippen LogP) is 2.96. The fourth-order valence-corrected chi connectivity index (χ4v) is 2.68. The monoisotopic (exact) mass is 376 g/mol. The molecule has 26 heavy (non-hydrogen) atoms. The third kappa shape index (κ3) is 16.8. The van der Waals surface area contributed by atoms with Gasteiger partial charge >= 0.3 is 5.97 Å². The Balaban J connectivity index is 0.000000735. The maximum atomic E-state index is 11.3. The molecule has 1 fully saturated rings. The lowest BCUT2D eigenvalue weighted by atomic mass is 10.1. The van der Waals surface area contributed by atoms with E-state index in [1.165, 1.54) is 44.9 Å². The molecule has 6 nitrogen and oxygen atoms in total. The van der Waals surface area contributed by atoms with E-state index in [-0.39, 0.29) is 31.9 Å². The smallest absolute Gasteiger partial charge is 0.305 e. The molecule has 0 aromatic heterocycles. The topological polar surface area (TPSA) is 96.2 Å². The van der Waals surface area contributed by atoms with Crippen LogP contribution in [0.25, 0.3) is 0 Å². The first-order chi connectivity index (χ1) is 12.6. The summed E-state index contributed by atoms with van der Waals surface area (Å²) < 4.78 is 9.87. The first kappa shape index (κ1) is 25.3. The summed E-state index contributed by atoms with van der Waals surface area (Å²) in [6.07, 6.45) is 12.7. The molecule has 0 aromatic carbocycles. The molecule has 6 heteroatoms. The Labute approximate surface area is 158 Å². The number of carbonyl (C=O) groups is 1. The zero-order chi connectivity index (χ0) is 19.5. The van der Waals surface area contributed by atoms with Crippen LogP contribution in [-0.4, -0.2) is 59.9 Å². The summed E-state index contributed by atoms with van der Waals surface area (Å²) in [5.74, 6) is -0.282. The second-order valence-electron chi connectivity index (χ2n) is 6.92. The summed E-state index contributed by atoms with van der Waals surface area (Å²) >= 11 is 0. The van der Waals surface area contributed by atoms with E-state index in [4.69, 9.17) is 24.8 Å². The average molecular weight is 377 g/mol.